The Kier molecular flexibility index (Phi) is 6.98. The summed E-state index contributed by atoms with van der Waals surface area (Å²) in [6.45, 7) is 0. The maximum absolute atomic E-state index is 12.1. The molecule has 3 aromatic rings. The van der Waals surface area contributed by atoms with Gasteiger partial charge in [-0.3, -0.25) is 9.59 Å². The number of hydrogen-bond acceptors (Lipinski definition) is 2. The molecule has 2 N–H and O–H groups in total. The number of carbonyl (C=O) groups excluding carboxylic acids is 2. The van der Waals surface area contributed by atoms with E-state index in [9.17, 15) is 9.59 Å². The topological polar surface area (TPSA) is 58.2 Å². The van der Waals surface area contributed by atoms with Crippen molar-refractivity contribution in [3.63, 3.8) is 0 Å². The third-order valence-electron chi connectivity index (χ3n) is 3.95. The molecule has 0 aromatic heterocycles. The molecule has 0 fully saturated rings. The van der Waals surface area contributed by atoms with Crippen molar-refractivity contribution in [2.45, 2.75) is 0 Å². The molecule has 0 unspecified atom stereocenters. The average Bonchev–Trinajstić information content (AvgIpc) is 2.74. The molecule has 0 saturated carbocycles. The molecule has 0 spiro atoms. The largest absolute Gasteiger partial charge is 0.322 e. The van der Waals surface area contributed by atoms with Gasteiger partial charge in [-0.25, -0.2) is 0 Å². The highest BCUT2D eigenvalue weighted by Gasteiger charge is 2.06. The van der Waals surface area contributed by atoms with Crippen LogP contribution in [-0.2, 0) is 9.59 Å². The Balaban J connectivity index is 1.58. The first-order valence-corrected chi connectivity index (χ1v) is 9.36. The maximum Gasteiger partial charge on any atom is 0.248 e. The van der Waals surface area contributed by atoms with E-state index in [0.717, 1.165) is 11.1 Å². The van der Waals surface area contributed by atoms with Gasteiger partial charge in [-0.1, -0.05) is 72.3 Å². The first-order chi connectivity index (χ1) is 14.1. The van der Waals surface area contributed by atoms with Crippen LogP contribution >= 0.6 is 11.6 Å². The lowest BCUT2D eigenvalue weighted by atomic mass is 10.2. The summed E-state index contributed by atoms with van der Waals surface area (Å²) >= 11 is 6.24. The molecule has 144 valence electrons. The number of nitrogens with one attached hydrogen (secondary N) is 2. The van der Waals surface area contributed by atoms with Crippen LogP contribution < -0.4 is 10.6 Å². The molecular weight excluding hydrogens is 384 g/mol. The molecule has 0 atom stereocenters. The van der Waals surface area contributed by atoms with E-state index >= 15 is 0 Å². The van der Waals surface area contributed by atoms with Crippen LogP contribution in [0.3, 0.4) is 0 Å². The lowest BCUT2D eigenvalue weighted by Gasteiger charge is -2.08. The monoisotopic (exact) mass is 402 g/mol. The number of rotatable bonds is 6. The second-order valence-corrected chi connectivity index (χ2v) is 6.57. The van der Waals surface area contributed by atoms with Crippen molar-refractivity contribution < 1.29 is 9.59 Å². The van der Waals surface area contributed by atoms with Crippen LogP contribution in [0.25, 0.3) is 12.2 Å². The van der Waals surface area contributed by atoms with E-state index in [1.165, 1.54) is 12.2 Å². The van der Waals surface area contributed by atoms with Gasteiger partial charge in [-0.2, -0.15) is 0 Å². The fraction of sp³-hybridized carbons (Fsp3) is 0. The molecular formula is C24H19ClN2O2. The Hall–Kier alpha value is -3.63. The number of carbonyl (C=O) groups is 2. The lowest BCUT2D eigenvalue weighted by Crippen LogP contribution is -2.10. The van der Waals surface area contributed by atoms with E-state index in [1.54, 1.807) is 30.4 Å². The van der Waals surface area contributed by atoms with Crippen molar-refractivity contribution in [1.82, 2.24) is 0 Å². The number of amides is 2. The quantitative estimate of drug-likeness (QED) is 0.524. The normalized spacial score (nSPS) is 10.9. The van der Waals surface area contributed by atoms with E-state index in [4.69, 9.17) is 11.6 Å². The van der Waals surface area contributed by atoms with Gasteiger partial charge in [-0.15, -0.1) is 0 Å². The van der Waals surface area contributed by atoms with Gasteiger partial charge in [0.2, 0.25) is 11.8 Å². The smallest absolute Gasteiger partial charge is 0.248 e. The Bertz CT molecular complexity index is 1040. The molecule has 29 heavy (non-hydrogen) atoms. The third kappa shape index (κ3) is 6.48. The Labute approximate surface area is 174 Å². The van der Waals surface area contributed by atoms with Gasteiger partial charge < -0.3 is 10.6 Å². The molecule has 5 heteroatoms. The minimum absolute atomic E-state index is 0.271. The van der Waals surface area contributed by atoms with Gasteiger partial charge in [-0.05, 0) is 41.5 Å². The van der Waals surface area contributed by atoms with Gasteiger partial charge in [0.15, 0.2) is 0 Å². The Morgan fingerprint density at radius 2 is 1.21 bits per heavy atom. The first-order valence-electron chi connectivity index (χ1n) is 8.98. The second-order valence-electron chi connectivity index (χ2n) is 6.16. The second kappa shape index (κ2) is 10.1. The minimum atomic E-state index is -0.293. The van der Waals surface area contributed by atoms with Crippen LogP contribution in [0.2, 0.25) is 5.02 Å². The van der Waals surface area contributed by atoms with Gasteiger partial charge in [0, 0.05) is 17.8 Å². The molecule has 0 radical (unpaired) electrons. The van der Waals surface area contributed by atoms with Crippen LogP contribution in [-0.4, -0.2) is 11.8 Å². The van der Waals surface area contributed by atoms with Crippen molar-refractivity contribution in [3.05, 3.63) is 107 Å². The lowest BCUT2D eigenvalue weighted by molar-refractivity contribution is -0.112. The highest BCUT2D eigenvalue weighted by molar-refractivity contribution is 6.34. The SMILES string of the molecule is O=C(/C=C/c1ccccc1)Nc1ccc(NC(=O)/C=C/c2ccccc2)c(Cl)c1. The summed E-state index contributed by atoms with van der Waals surface area (Å²) in [5.74, 6) is -0.564. The van der Waals surface area contributed by atoms with Crippen molar-refractivity contribution in [1.29, 1.82) is 0 Å². The zero-order valence-corrected chi connectivity index (χ0v) is 16.3. The zero-order valence-electron chi connectivity index (χ0n) is 15.5. The molecule has 4 nitrogen and oxygen atoms in total. The molecule has 3 aromatic carbocycles. The summed E-state index contributed by atoms with van der Waals surface area (Å²) in [6, 6.07) is 24.0. The van der Waals surface area contributed by atoms with Crippen LogP contribution in [0.4, 0.5) is 11.4 Å². The van der Waals surface area contributed by atoms with Crippen LogP contribution in [0.15, 0.2) is 91.0 Å². The number of benzene rings is 3. The van der Waals surface area contributed by atoms with Gasteiger partial charge >= 0.3 is 0 Å². The van der Waals surface area contributed by atoms with E-state index in [1.807, 2.05) is 60.7 Å². The number of halogens is 1. The highest BCUT2D eigenvalue weighted by Crippen LogP contribution is 2.25. The maximum atomic E-state index is 12.1. The standard InChI is InChI=1S/C24H19ClN2O2/c25-21-17-20(26-23(28)15-11-18-7-3-1-4-8-18)13-14-22(21)27-24(29)16-12-19-9-5-2-6-10-19/h1-17H,(H,26,28)(H,27,29)/b15-11+,16-12+. The van der Waals surface area contributed by atoms with Crippen molar-refractivity contribution in [2.24, 2.45) is 0 Å². The highest BCUT2D eigenvalue weighted by atomic mass is 35.5. The fourth-order valence-corrected chi connectivity index (χ4v) is 2.75. The summed E-state index contributed by atoms with van der Waals surface area (Å²) in [6.07, 6.45) is 6.34. The van der Waals surface area contributed by atoms with Gasteiger partial charge in [0.25, 0.3) is 0 Å². The summed E-state index contributed by atoms with van der Waals surface area (Å²) in [5, 5.41) is 5.80. The van der Waals surface area contributed by atoms with E-state index in [0.29, 0.717) is 16.4 Å². The van der Waals surface area contributed by atoms with Crippen LogP contribution in [0, 0.1) is 0 Å². The van der Waals surface area contributed by atoms with E-state index in [-0.39, 0.29) is 11.8 Å². The molecule has 0 aliphatic rings. The average molecular weight is 403 g/mol. The van der Waals surface area contributed by atoms with Crippen molar-refractivity contribution in [3.8, 4) is 0 Å². The van der Waals surface area contributed by atoms with Crippen molar-refractivity contribution in [2.75, 3.05) is 10.6 Å². The molecule has 0 bridgehead atoms. The number of anilines is 2. The molecule has 0 saturated heterocycles. The minimum Gasteiger partial charge on any atom is -0.322 e. The first kappa shape index (κ1) is 20.1. The molecule has 3 rings (SSSR count). The molecule has 0 aliphatic heterocycles. The molecule has 2 amide bonds. The predicted octanol–water partition coefficient (Wildman–Crippen LogP) is 5.64. The summed E-state index contributed by atoms with van der Waals surface area (Å²) in [7, 11) is 0. The van der Waals surface area contributed by atoms with E-state index < -0.39 is 0 Å². The Morgan fingerprint density at radius 3 is 1.72 bits per heavy atom. The van der Waals surface area contributed by atoms with Gasteiger partial charge in [0.05, 0.1) is 10.7 Å². The summed E-state index contributed by atoms with van der Waals surface area (Å²) < 4.78 is 0. The predicted molar refractivity (Wildman–Crippen MR) is 120 cm³/mol. The molecule has 0 heterocycles. The van der Waals surface area contributed by atoms with Crippen molar-refractivity contribution >= 4 is 46.9 Å². The number of hydrogen-bond donors (Lipinski definition) is 2. The fourth-order valence-electron chi connectivity index (χ4n) is 2.52. The summed E-state index contributed by atoms with van der Waals surface area (Å²) in [4.78, 5) is 24.1. The van der Waals surface area contributed by atoms with Crippen LogP contribution in [0.5, 0.6) is 0 Å². The van der Waals surface area contributed by atoms with Gasteiger partial charge in [0.1, 0.15) is 0 Å². The van der Waals surface area contributed by atoms with Crippen LogP contribution in [0.1, 0.15) is 11.1 Å². The zero-order chi connectivity index (χ0) is 20.5. The van der Waals surface area contributed by atoms with E-state index in [2.05, 4.69) is 10.6 Å². The Morgan fingerprint density at radius 1 is 0.690 bits per heavy atom. The molecule has 0 aliphatic carbocycles. The summed E-state index contributed by atoms with van der Waals surface area (Å²) in [5.41, 5.74) is 2.86. The third-order valence-corrected chi connectivity index (χ3v) is 4.26.